The lowest BCUT2D eigenvalue weighted by atomic mass is 10.2. The van der Waals surface area contributed by atoms with Gasteiger partial charge in [0.15, 0.2) is 0 Å². The molecule has 0 aliphatic rings. The fourth-order valence-electron chi connectivity index (χ4n) is 1.87. The lowest BCUT2D eigenvalue weighted by Crippen LogP contribution is -2.21. The number of hydrogen-bond acceptors (Lipinski definition) is 4. The number of carbonyl (C=O) groups is 1. The number of hydrogen-bond donors (Lipinski definition) is 2. The zero-order chi connectivity index (χ0) is 16.1. The summed E-state index contributed by atoms with van der Waals surface area (Å²) in [5, 5.41) is 16.1. The highest BCUT2D eigenvalue weighted by atomic mass is 19.1. The van der Waals surface area contributed by atoms with Crippen LogP contribution in [0.25, 0.3) is 0 Å². The van der Waals surface area contributed by atoms with E-state index in [4.69, 9.17) is 0 Å². The first kappa shape index (κ1) is 15.4. The highest BCUT2D eigenvalue weighted by Gasteiger charge is 2.14. The van der Waals surface area contributed by atoms with Crippen molar-refractivity contribution in [2.75, 3.05) is 17.2 Å². The van der Waals surface area contributed by atoms with Crippen LogP contribution in [0.15, 0.2) is 42.5 Å². The molecule has 0 aliphatic heterocycles. The first-order valence-corrected chi connectivity index (χ1v) is 6.50. The molecule has 0 aromatic heterocycles. The Balaban J connectivity index is 1.96. The molecular formula is C15H14FN3O3. The van der Waals surface area contributed by atoms with Gasteiger partial charge in [-0.15, -0.1) is 0 Å². The van der Waals surface area contributed by atoms with Crippen molar-refractivity contribution in [3.8, 4) is 0 Å². The van der Waals surface area contributed by atoms with Crippen molar-refractivity contribution < 1.29 is 14.1 Å². The molecule has 0 saturated heterocycles. The molecule has 2 aromatic rings. The van der Waals surface area contributed by atoms with Gasteiger partial charge in [-0.2, -0.15) is 4.39 Å². The number of nitrogens with one attached hydrogen (secondary N) is 2. The van der Waals surface area contributed by atoms with Crippen LogP contribution in [0, 0.1) is 22.9 Å². The Hall–Kier alpha value is -2.96. The highest BCUT2D eigenvalue weighted by molar-refractivity contribution is 5.93. The summed E-state index contributed by atoms with van der Waals surface area (Å²) in [7, 11) is 0. The molecule has 7 heteroatoms. The first-order chi connectivity index (χ1) is 10.5. The second-order valence-corrected chi connectivity index (χ2v) is 4.69. The van der Waals surface area contributed by atoms with Gasteiger partial charge >= 0.3 is 5.69 Å². The van der Waals surface area contributed by atoms with Crippen LogP contribution < -0.4 is 10.6 Å². The highest BCUT2D eigenvalue weighted by Crippen LogP contribution is 2.21. The topological polar surface area (TPSA) is 84.3 Å². The number of aryl methyl sites for hydroxylation is 1. The van der Waals surface area contributed by atoms with Crippen LogP contribution >= 0.6 is 0 Å². The zero-order valence-electron chi connectivity index (χ0n) is 11.8. The third kappa shape index (κ3) is 4.02. The molecule has 0 saturated carbocycles. The number of rotatable bonds is 5. The van der Waals surface area contributed by atoms with Crippen molar-refractivity contribution in [1.82, 2.24) is 0 Å². The first-order valence-electron chi connectivity index (χ1n) is 6.50. The number of halogens is 1. The number of carbonyl (C=O) groups excluding carboxylic acids is 1. The van der Waals surface area contributed by atoms with Crippen LogP contribution in [-0.4, -0.2) is 17.4 Å². The van der Waals surface area contributed by atoms with Crippen molar-refractivity contribution in [3.05, 3.63) is 64.0 Å². The van der Waals surface area contributed by atoms with Gasteiger partial charge in [-0.1, -0.05) is 12.1 Å². The average molecular weight is 303 g/mol. The summed E-state index contributed by atoms with van der Waals surface area (Å²) in [4.78, 5) is 21.6. The fraction of sp³-hybridized carbons (Fsp3) is 0.133. The van der Waals surface area contributed by atoms with Crippen molar-refractivity contribution in [2.24, 2.45) is 0 Å². The second kappa shape index (κ2) is 6.66. The zero-order valence-corrected chi connectivity index (χ0v) is 11.8. The van der Waals surface area contributed by atoms with Crippen LogP contribution in [0.2, 0.25) is 0 Å². The fourth-order valence-corrected chi connectivity index (χ4v) is 1.87. The van der Waals surface area contributed by atoms with Gasteiger partial charge in [0.1, 0.15) is 0 Å². The maximum absolute atomic E-state index is 13.2. The third-order valence-electron chi connectivity index (χ3n) is 2.90. The Morgan fingerprint density at radius 3 is 2.68 bits per heavy atom. The molecule has 1 amide bonds. The number of anilines is 2. The Labute approximate surface area is 126 Å². The summed E-state index contributed by atoms with van der Waals surface area (Å²) in [6, 6.07) is 10.7. The standard InChI is InChI=1S/C15H14FN3O3/c1-10-3-2-4-12(7-10)18-15(20)9-17-11-5-6-13(16)14(8-11)19(21)22/h2-8,17H,9H2,1H3,(H,18,20). The summed E-state index contributed by atoms with van der Waals surface area (Å²) in [5.41, 5.74) is 1.34. The molecule has 2 N–H and O–H groups in total. The van der Waals surface area contributed by atoms with Gasteiger partial charge in [0.05, 0.1) is 11.5 Å². The summed E-state index contributed by atoms with van der Waals surface area (Å²) in [6.07, 6.45) is 0. The van der Waals surface area contributed by atoms with Gasteiger partial charge in [-0.25, -0.2) is 0 Å². The smallest absolute Gasteiger partial charge is 0.306 e. The predicted octanol–water partition coefficient (Wildman–Crippen LogP) is 3.09. The number of nitro benzene ring substituents is 1. The largest absolute Gasteiger partial charge is 0.376 e. The van der Waals surface area contributed by atoms with E-state index in [-0.39, 0.29) is 12.5 Å². The third-order valence-corrected chi connectivity index (χ3v) is 2.90. The van der Waals surface area contributed by atoms with Crippen LogP contribution in [0.4, 0.5) is 21.5 Å². The van der Waals surface area contributed by atoms with E-state index in [1.807, 2.05) is 25.1 Å². The van der Waals surface area contributed by atoms with Gasteiger partial charge in [-0.3, -0.25) is 14.9 Å². The Morgan fingerprint density at radius 2 is 2.00 bits per heavy atom. The molecule has 114 valence electrons. The molecule has 0 spiro atoms. The average Bonchev–Trinajstić information content (AvgIpc) is 2.46. The molecule has 0 unspecified atom stereocenters. The minimum absolute atomic E-state index is 0.0866. The van der Waals surface area contributed by atoms with Gasteiger partial charge in [-0.05, 0) is 36.8 Å². The molecule has 0 bridgehead atoms. The van der Waals surface area contributed by atoms with E-state index in [1.54, 1.807) is 6.07 Å². The van der Waals surface area contributed by atoms with E-state index >= 15 is 0 Å². The van der Waals surface area contributed by atoms with Crippen molar-refractivity contribution in [1.29, 1.82) is 0 Å². The summed E-state index contributed by atoms with van der Waals surface area (Å²) in [6.45, 7) is 1.82. The molecule has 2 aromatic carbocycles. The second-order valence-electron chi connectivity index (χ2n) is 4.69. The lowest BCUT2D eigenvalue weighted by molar-refractivity contribution is -0.387. The summed E-state index contributed by atoms with van der Waals surface area (Å²) >= 11 is 0. The number of nitrogens with zero attached hydrogens (tertiary/aromatic N) is 1. The van der Waals surface area contributed by atoms with Crippen LogP contribution in [-0.2, 0) is 4.79 Å². The summed E-state index contributed by atoms with van der Waals surface area (Å²) < 4.78 is 13.2. The van der Waals surface area contributed by atoms with Crippen molar-refractivity contribution in [3.63, 3.8) is 0 Å². The number of nitro groups is 1. The monoisotopic (exact) mass is 303 g/mol. The SMILES string of the molecule is Cc1cccc(NC(=O)CNc2ccc(F)c([N+](=O)[O-])c2)c1. The molecule has 0 radical (unpaired) electrons. The van der Waals surface area contributed by atoms with E-state index in [2.05, 4.69) is 10.6 Å². The predicted molar refractivity (Wildman–Crippen MR) is 81.4 cm³/mol. The van der Waals surface area contributed by atoms with Gasteiger partial charge in [0.25, 0.3) is 0 Å². The Morgan fingerprint density at radius 1 is 1.23 bits per heavy atom. The van der Waals surface area contributed by atoms with Crippen LogP contribution in [0.3, 0.4) is 0 Å². The quantitative estimate of drug-likeness (QED) is 0.656. The molecular weight excluding hydrogens is 289 g/mol. The molecule has 6 nitrogen and oxygen atoms in total. The Bertz CT molecular complexity index is 719. The van der Waals surface area contributed by atoms with E-state index in [0.717, 1.165) is 17.7 Å². The van der Waals surface area contributed by atoms with Gasteiger partial charge < -0.3 is 10.6 Å². The van der Waals surface area contributed by atoms with Crippen LogP contribution in [0.1, 0.15) is 5.56 Å². The maximum Gasteiger partial charge on any atom is 0.306 e. The molecule has 2 rings (SSSR count). The molecule has 0 fully saturated rings. The number of amides is 1. The summed E-state index contributed by atoms with van der Waals surface area (Å²) in [5.74, 6) is -1.22. The van der Waals surface area contributed by atoms with Crippen molar-refractivity contribution in [2.45, 2.75) is 6.92 Å². The molecule has 0 aliphatic carbocycles. The van der Waals surface area contributed by atoms with Gasteiger partial charge in [0, 0.05) is 17.4 Å². The van der Waals surface area contributed by atoms with E-state index in [9.17, 15) is 19.3 Å². The molecule has 22 heavy (non-hydrogen) atoms. The van der Waals surface area contributed by atoms with Crippen LogP contribution in [0.5, 0.6) is 0 Å². The Kier molecular flexibility index (Phi) is 4.67. The van der Waals surface area contributed by atoms with E-state index < -0.39 is 16.4 Å². The van der Waals surface area contributed by atoms with Crippen molar-refractivity contribution >= 4 is 23.0 Å². The number of benzene rings is 2. The maximum atomic E-state index is 13.2. The van der Waals surface area contributed by atoms with E-state index in [0.29, 0.717) is 11.4 Å². The minimum atomic E-state index is -0.917. The van der Waals surface area contributed by atoms with Gasteiger partial charge in [0.2, 0.25) is 11.7 Å². The molecule has 0 atom stereocenters. The minimum Gasteiger partial charge on any atom is -0.376 e. The lowest BCUT2D eigenvalue weighted by Gasteiger charge is -2.08. The normalized spacial score (nSPS) is 10.1. The van der Waals surface area contributed by atoms with E-state index in [1.165, 1.54) is 6.07 Å². The molecule has 0 heterocycles.